The van der Waals surface area contributed by atoms with Crippen LogP contribution in [0.15, 0.2) is 4.99 Å². The number of nitrogens with one attached hydrogen (secondary N) is 1. The number of ether oxygens (including phenoxy) is 1. The molecular formula is C19H35IN4O. The summed E-state index contributed by atoms with van der Waals surface area (Å²) in [6.45, 7) is 4.36. The van der Waals surface area contributed by atoms with Crippen LogP contribution < -0.4 is 5.32 Å². The van der Waals surface area contributed by atoms with E-state index in [0.717, 1.165) is 50.0 Å². The van der Waals surface area contributed by atoms with Gasteiger partial charge in [0, 0.05) is 51.1 Å². The molecule has 1 aliphatic carbocycles. The Labute approximate surface area is 170 Å². The second kappa shape index (κ2) is 8.74. The highest BCUT2D eigenvalue weighted by Crippen LogP contribution is 2.47. The van der Waals surface area contributed by atoms with Gasteiger partial charge in [0.05, 0.1) is 12.2 Å². The van der Waals surface area contributed by atoms with E-state index in [1.807, 2.05) is 7.05 Å². The zero-order chi connectivity index (χ0) is 16.5. The Morgan fingerprint density at radius 1 is 1.08 bits per heavy atom. The van der Waals surface area contributed by atoms with Gasteiger partial charge in [0.1, 0.15) is 0 Å². The number of likely N-dealkylation sites (tertiary alicyclic amines) is 1. The van der Waals surface area contributed by atoms with Crippen LogP contribution in [0.3, 0.4) is 0 Å². The average Bonchev–Trinajstić information content (AvgIpc) is 3.32. The minimum atomic E-state index is 0. The maximum Gasteiger partial charge on any atom is 0.193 e. The summed E-state index contributed by atoms with van der Waals surface area (Å²) in [5.74, 6) is 2.58. The van der Waals surface area contributed by atoms with Crippen LogP contribution in [0.4, 0.5) is 0 Å². The molecule has 0 aromatic heterocycles. The lowest BCUT2D eigenvalue weighted by Crippen LogP contribution is -2.45. The minimum Gasteiger partial charge on any atom is -0.374 e. The van der Waals surface area contributed by atoms with E-state index in [1.165, 1.54) is 44.9 Å². The third kappa shape index (κ3) is 4.10. The first-order valence-electron chi connectivity index (χ1n) is 10.1. The molecule has 1 saturated carbocycles. The first-order chi connectivity index (χ1) is 11.8. The number of hydrogen-bond donors (Lipinski definition) is 1. The highest BCUT2D eigenvalue weighted by molar-refractivity contribution is 14.0. The van der Waals surface area contributed by atoms with E-state index < -0.39 is 0 Å². The molecule has 5 nitrogen and oxygen atoms in total. The molecule has 0 aromatic rings. The molecule has 4 fully saturated rings. The zero-order valence-electron chi connectivity index (χ0n) is 15.8. The standard InChI is InChI=1S/C19H34N4O.HI/c1-20-19(21-10-11-22(2)14-6-4-3-5-7-14)23-12-15-16(13-23)18-9-8-17(15)24-18;/h14-18H,3-13H2,1-2H3,(H,20,21);1H. The van der Waals surface area contributed by atoms with Crippen LogP contribution in [-0.2, 0) is 4.74 Å². The number of likely N-dealkylation sites (N-methyl/N-ethyl adjacent to an activating group) is 1. The summed E-state index contributed by atoms with van der Waals surface area (Å²) in [6.07, 6.45) is 10.6. The number of hydrogen-bond acceptors (Lipinski definition) is 3. The van der Waals surface area contributed by atoms with Crippen LogP contribution in [-0.4, -0.2) is 74.3 Å². The molecule has 3 heterocycles. The largest absolute Gasteiger partial charge is 0.374 e. The van der Waals surface area contributed by atoms with E-state index in [9.17, 15) is 0 Å². The molecular weight excluding hydrogens is 427 g/mol. The highest BCUT2D eigenvalue weighted by Gasteiger charge is 2.53. The van der Waals surface area contributed by atoms with Crippen molar-refractivity contribution in [3.63, 3.8) is 0 Å². The minimum absolute atomic E-state index is 0. The Hall–Kier alpha value is -0.0800. The maximum atomic E-state index is 6.09. The van der Waals surface area contributed by atoms with Gasteiger partial charge in [-0.1, -0.05) is 19.3 Å². The van der Waals surface area contributed by atoms with Gasteiger partial charge in [0.25, 0.3) is 0 Å². The molecule has 6 heteroatoms. The predicted octanol–water partition coefficient (Wildman–Crippen LogP) is 2.55. The monoisotopic (exact) mass is 462 g/mol. The molecule has 2 bridgehead atoms. The van der Waals surface area contributed by atoms with Crippen LogP contribution in [0.1, 0.15) is 44.9 Å². The summed E-state index contributed by atoms with van der Waals surface area (Å²) >= 11 is 0. The molecule has 0 aromatic carbocycles. The highest BCUT2D eigenvalue weighted by atomic mass is 127. The molecule has 0 amide bonds. The van der Waals surface area contributed by atoms with Crippen molar-refractivity contribution in [2.24, 2.45) is 16.8 Å². The molecule has 0 spiro atoms. The summed E-state index contributed by atoms with van der Waals surface area (Å²) in [5.41, 5.74) is 0. The molecule has 4 aliphatic rings. The van der Waals surface area contributed by atoms with Crippen LogP contribution in [0.2, 0.25) is 0 Å². The summed E-state index contributed by atoms with van der Waals surface area (Å²) in [7, 11) is 4.21. The van der Waals surface area contributed by atoms with Gasteiger partial charge in [-0.25, -0.2) is 0 Å². The zero-order valence-corrected chi connectivity index (χ0v) is 18.2. The molecule has 4 atom stereocenters. The van der Waals surface area contributed by atoms with E-state index in [-0.39, 0.29) is 24.0 Å². The quantitative estimate of drug-likeness (QED) is 0.396. The summed E-state index contributed by atoms with van der Waals surface area (Å²) in [4.78, 5) is 9.57. The summed E-state index contributed by atoms with van der Waals surface area (Å²) in [6, 6.07) is 0.793. The fourth-order valence-electron chi connectivity index (χ4n) is 5.51. The second-order valence-electron chi connectivity index (χ2n) is 8.27. The van der Waals surface area contributed by atoms with E-state index in [4.69, 9.17) is 4.74 Å². The summed E-state index contributed by atoms with van der Waals surface area (Å²) < 4.78 is 6.09. The number of fused-ring (bicyclic) bond motifs is 5. The predicted molar refractivity (Wildman–Crippen MR) is 113 cm³/mol. The normalized spacial score (nSPS) is 35.2. The Balaban J connectivity index is 0.00000182. The first kappa shape index (κ1) is 19.7. The van der Waals surface area contributed by atoms with Gasteiger partial charge >= 0.3 is 0 Å². The van der Waals surface area contributed by atoms with E-state index in [1.54, 1.807) is 0 Å². The van der Waals surface area contributed by atoms with Crippen LogP contribution in [0, 0.1) is 11.8 Å². The van der Waals surface area contributed by atoms with Gasteiger partial charge in [-0.3, -0.25) is 4.99 Å². The Bertz CT molecular complexity index is 450. The van der Waals surface area contributed by atoms with E-state index in [0.29, 0.717) is 12.2 Å². The molecule has 25 heavy (non-hydrogen) atoms. The smallest absolute Gasteiger partial charge is 0.193 e. The van der Waals surface area contributed by atoms with Crippen molar-refractivity contribution in [3.8, 4) is 0 Å². The van der Waals surface area contributed by atoms with Crippen LogP contribution >= 0.6 is 24.0 Å². The van der Waals surface area contributed by atoms with Crippen molar-refractivity contribution in [1.29, 1.82) is 0 Å². The number of guanidine groups is 1. The molecule has 3 saturated heterocycles. The van der Waals surface area contributed by atoms with Crippen LogP contribution in [0.25, 0.3) is 0 Å². The van der Waals surface area contributed by atoms with E-state index >= 15 is 0 Å². The first-order valence-corrected chi connectivity index (χ1v) is 10.1. The second-order valence-corrected chi connectivity index (χ2v) is 8.27. The Morgan fingerprint density at radius 2 is 1.72 bits per heavy atom. The van der Waals surface area contributed by atoms with Crippen molar-refractivity contribution < 1.29 is 4.74 Å². The molecule has 4 unspecified atom stereocenters. The Kier molecular flexibility index (Phi) is 6.88. The number of rotatable bonds is 4. The van der Waals surface area contributed by atoms with Crippen molar-refractivity contribution in [2.45, 2.75) is 63.2 Å². The number of aliphatic imine (C=N–C) groups is 1. The SMILES string of the molecule is CN=C(NCCN(C)C1CCCCC1)N1CC2C3CCC(O3)C2C1.I. The van der Waals surface area contributed by atoms with Crippen molar-refractivity contribution in [2.75, 3.05) is 40.3 Å². The maximum absolute atomic E-state index is 6.09. The topological polar surface area (TPSA) is 40.1 Å². The molecule has 0 radical (unpaired) electrons. The lowest BCUT2D eigenvalue weighted by Gasteiger charge is -2.31. The van der Waals surface area contributed by atoms with Crippen molar-refractivity contribution in [3.05, 3.63) is 0 Å². The van der Waals surface area contributed by atoms with Crippen LogP contribution in [0.5, 0.6) is 0 Å². The lowest BCUT2D eigenvalue weighted by atomic mass is 9.82. The van der Waals surface area contributed by atoms with Gasteiger partial charge in [0.15, 0.2) is 5.96 Å². The third-order valence-electron chi connectivity index (χ3n) is 6.91. The molecule has 144 valence electrons. The van der Waals surface area contributed by atoms with Gasteiger partial charge in [0.2, 0.25) is 0 Å². The molecule has 1 N–H and O–H groups in total. The number of halogens is 1. The fraction of sp³-hybridized carbons (Fsp3) is 0.947. The average molecular weight is 462 g/mol. The van der Waals surface area contributed by atoms with Gasteiger partial charge in [-0.05, 0) is 32.7 Å². The third-order valence-corrected chi connectivity index (χ3v) is 6.91. The van der Waals surface area contributed by atoms with Gasteiger partial charge in [-0.15, -0.1) is 24.0 Å². The number of nitrogens with zero attached hydrogens (tertiary/aromatic N) is 3. The van der Waals surface area contributed by atoms with Crippen molar-refractivity contribution >= 4 is 29.9 Å². The van der Waals surface area contributed by atoms with E-state index in [2.05, 4.69) is 27.2 Å². The van der Waals surface area contributed by atoms with Crippen molar-refractivity contribution in [1.82, 2.24) is 15.1 Å². The van der Waals surface area contributed by atoms with Gasteiger partial charge < -0.3 is 19.9 Å². The summed E-state index contributed by atoms with van der Waals surface area (Å²) in [5, 5.41) is 3.61. The fourth-order valence-corrected chi connectivity index (χ4v) is 5.51. The van der Waals surface area contributed by atoms with Gasteiger partial charge in [-0.2, -0.15) is 0 Å². The Morgan fingerprint density at radius 3 is 2.32 bits per heavy atom. The lowest BCUT2D eigenvalue weighted by molar-refractivity contribution is 0.0767. The molecule has 3 aliphatic heterocycles. The molecule has 4 rings (SSSR count).